The van der Waals surface area contributed by atoms with Crippen LogP contribution in [0.4, 0.5) is 0 Å². The van der Waals surface area contributed by atoms with Gasteiger partial charge in [0.15, 0.2) is 0 Å². The van der Waals surface area contributed by atoms with Crippen LogP contribution in [0.25, 0.3) is 99.2 Å². The maximum atomic E-state index is 6.86. The fourth-order valence-corrected chi connectivity index (χ4v) is 7.52. The molecule has 224 valence electrons. The Hall–Kier alpha value is -6.38. The first-order valence-electron chi connectivity index (χ1n) is 16.3. The van der Waals surface area contributed by atoms with Crippen LogP contribution in [-0.2, 0) is 0 Å². The van der Waals surface area contributed by atoms with Crippen molar-refractivity contribution in [2.24, 2.45) is 0 Å². The number of hydrogen-bond acceptors (Lipinski definition) is 2. The number of rotatable bonds is 4. The SMILES string of the molecule is c1ccc(-c2cccc(-c3c4ccccc4c(-c4cc5c6ccccc6oc5c5cc(-c6ccccc6)oc45)c4ccccc34)c2)cc1. The summed E-state index contributed by atoms with van der Waals surface area (Å²) in [6.45, 7) is 0. The number of hydrogen-bond donors (Lipinski definition) is 0. The Bertz CT molecular complexity index is 2760. The third kappa shape index (κ3) is 4.06. The lowest BCUT2D eigenvalue weighted by atomic mass is 9.85. The van der Waals surface area contributed by atoms with E-state index in [4.69, 9.17) is 8.83 Å². The van der Waals surface area contributed by atoms with E-state index in [0.29, 0.717) is 0 Å². The zero-order valence-electron chi connectivity index (χ0n) is 26.0. The van der Waals surface area contributed by atoms with E-state index in [1.165, 1.54) is 43.8 Å². The minimum Gasteiger partial charge on any atom is -0.455 e. The van der Waals surface area contributed by atoms with Crippen molar-refractivity contribution in [3.63, 3.8) is 0 Å². The highest BCUT2D eigenvalue weighted by Gasteiger charge is 2.23. The van der Waals surface area contributed by atoms with Gasteiger partial charge < -0.3 is 8.83 Å². The molecule has 8 aromatic carbocycles. The molecule has 0 radical (unpaired) electrons. The van der Waals surface area contributed by atoms with Crippen molar-refractivity contribution < 1.29 is 8.83 Å². The first-order chi connectivity index (χ1) is 23.8. The minimum absolute atomic E-state index is 0.822. The summed E-state index contributed by atoms with van der Waals surface area (Å²) in [5, 5.41) is 7.94. The molecule has 10 aromatic rings. The van der Waals surface area contributed by atoms with Gasteiger partial charge in [0.05, 0.1) is 5.39 Å². The Kier molecular flexibility index (Phi) is 5.91. The van der Waals surface area contributed by atoms with Crippen LogP contribution in [0.15, 0.2) is 179 Å². The van der Waals surface area contributed by atoms with Crippen LogP contribution in [0.1, 0.15) is 0 Å². The summed E-state index contributed by atoms with van der Waals surface area (Å²) in [7, 11) is 0. The predicted molar refractivity (Wildman–Crippen MR) is 200 cm³/mol. The highest BCUT2D eigenvalue weighted by Crippen LogP contribution is 2.49. The molecule has 0 aliphatic carbocycles. The van der Waals surface area contributed by atoms with E-state index in [0.717, 1.165) is 55.4 Å². The van der Waals surface area contributed by atoms with Gasteiger partial charge in [-0.1, -0.05) is 146 Å². The molecule has 0 saturated heterocycles. The fraction of sp³-hybridized carbons (Fsp3) is 0. The third-order valence-corrected chi connectivity index (χ3v) is 9.66. The Morgan fingerprint density at radius 1 is 0.292 bits per heavy atom. The molecule has 0 unspecified atom stereocenters. The highest BCUT2D eigenvalue weighted by molar-refractivity contribution is 6.26. The van der Waals surface area contributed by atoms with Gasteiger partial charge in [-0.2, -0.15) is 0 Å². The van der Waals surface area contributed by atoms with Crippen molar-refractivity contribution in [3.05, 3.63) is 170 Å². The van der Waals surface area contributed by atoms with Crippen molar-refractivity contribution in [1.29, 1.82) is 0 Å². The number of furan rings is 2. The normalized spacial score (nSPS) is 11.8. The summed E-state index contributed by atoms with van der Waals surface area (Å²) in [6.07, 6.45) is 0. The van der Waals surface area contributed by atoms with E-state index in [2.05, 4.69) is 140 Å². The van der Waals surface area contributed by atoms with E-state index in [1.54, 1.807) is 0 Å². The molecular weight excluding hydrogens is 585 g/mol. The van der Waals surface area contributed by atoms with E-state index >= 15 is 0 Å². The minimum atomic E-state index is 0.822. The fourth-order valence-electron chi connectivity index (χ4n) is 7.52. The zero-order valence-corrected chi connectivity index (χ0v) is 26.0. The largest absolute Gasteiger partial charge is 0.455 e. The van der Waals surface area contributed by atoms with E-state index < -0.39 is 0 Å². The van der Waals surface area contributed by atoms with E-state index in [1.807, 2.05) is 30.3 Å². The summed E-state index contributed by atoms with van der Waals surface area (Å²) < 4.78 is 13.4. The van der Waals surface area contributed by atoms with Crippen LogP contribution in [0, 0.1) is 0 Å². The van der Waals surface area contributed by atoms with Gasteiger partial charge in [0.2, 0.25) is 0 Å². The molecule has 0 aliphatic rings. The molecule has 0 spiro atoms. The van der Waals surface area contributed by atoms with Crippen LogP contribution < -0.4 is 0 Å². The molecule has 48 heavy (non-hydrogen) atoms. The summed E-state index contributed by atoms with van der Waals surface area (Å²) in [4.78, 5) is 0. The first kappa shape index (κ1) is 26.8. The molecule has 0 atom stereocenters. The molecular formula is C46H28O2. The first-order valence-corrected chi connectivity index (χ1v) is 16.3. The zero-order chi connectivity index (χ0) is 31.6. The molecule has 0 fully saturated rings. The van der Waals surface area contributed by atoms with Crippen LogP contribution >= 0.6 is 0 Å². The Morgan fingerprint density at radius 3 is 1.52 bits per heavy atom. The Labute approximate surface area is 277 Å². The summed E-state index contributed by atoms with van der Waals surface area (Å²) >= 11 is 0. The van der Waals surface area contributed by atoms with Gasteiger partial charge in [-0.25, -0.2) is 0 Å². The topological polar surface area (TPSA) is 26.3 Å². The van der Waals surface area contributed by atoms with E-state index in [-0.39, 0.29) is 0 Å². The molecule has 0 amide bonds. The van der Waals surface area contributed by atoms with Gasteiger partial charge in [0.25, 0.3) is 0 Å². The van der Waals surface area contributed by atoms with Crippen molar-refractivity contribution in [1.82, 2.24) is 0 Å². The van der Waals surface area contributed by atoms with Crippen molar-refractivity contribution in [2.75, 3.05) is 0 Å². The monoisotopic (exact) mass is 612 g/mol. The van der Waals surface area contributed by atoms with Gasteiger partial charge >= 0.3 is 0 Å². The maximum Gasteiger partial charge on any atom is 0.146 e. The summed E-state index contributed by atoms with van der Waals surface area (Å²) in [6, 6.07) is 60.2. The quantitative estimate of drug-likeness (QED) is 0.185. The van der Waals surface area contributed by atoms with Crippen LogP contribution in [0.2, 0.25) is 0 Å². The molecule has 2 heterocycles. The molecule has 0 bridgehead atoms. The molecule has 10 rings (SSSR count). The summed E-state index contributed by atoms with van der Waals surface area (Å²) in [5.41, 5.74) is 10.6. The van der Waals surface area contributed by atoms with Gasteiger partial charge in [-0.3, -0.25) is 0 Å². The lowest BCUT2D eigenvalue weighted by Gasteiger charge is -2.18. The average molecular weight is 613 g/mol. The highest BCUT2D eigenvalue weighted by atomic mass is 16.3. The van der Waals surface area contributed by atoms with Crippen LogP contribution in [0.3, 0.4) is 0 Å². The predicted octanol–water partition coefficient (Wildman–Crippen LogP) is 13.3. The lowest BCUT2D eigenvalue weighted by Crippen LogP contribution is -1.91. The van der Waals surface area contributed by atoms with Gasteiger partial charge in [0.1, 0.15) is 22.5 Å². The molecule has 2 nitrogen and oxygen atoms in total. The second-order valence-electron chi connectivity index (χ2n) is 12.4. The third-order valence-electron chi connectivity index (χ3n) is 9.66. The molecule has 2 heteroatoms. The maximum absolute atomic E-state index is 6.86. The van der Waals surface area contributed by atoms with Crippen molar-refractivity contribution >= 4 is 54.5 Å². The number of fused-ring (bicyclic) bond motifs is 7. The Morgan fingerprint density at radius 2 is 0.833 bits per heavy atom. The summed E-state index contributed by atoms with van der Waals surface area (Å²) in [5.74, 6) is 0.822. The van der Waals surface area contributed by atoms with Crippen molar-refractivity contribution in [3.8, 4) is 44.7 Å². The van der Waals surface area contributed by atoms with Gasteiger partial charge in [-0.05, 0) is 68.1 Å². The lowest BCUT2D eigenvalue weighted by molar-refractivity contribution is 0.632. The average Bonchev–Trinajstić information content (AvgIpc) is 3.77. The van der Waals surface area contributed by atoms with Crippen LogP contribution in [0.5, 0.6) is 0 Å². The van der Waals surface area contributed by atoms with Crippen LogP contribution in [-0.4, -0.2) is 0 Å². The standard InChI is InChI=1S/C46H28O2/c1-3-14-29(15-4-1)31-18-13-19-32(26-31)43-34-21-7-9-23-36(34)44(37-24-10-8-22-35(37)43)39-27-38-33-20-11-12-25-41(33)47-45(38)40-28-42(48-46(39)40)30-16-5-2-6-17-30/h1-28H. The molecule has 0 aliphatic heterocycles. The molecule has 2 aromatic heterocycles. The van der Waals surface area contributed by atoms with E-state index in [9.17, 15) is 0 Å². The van der Waals surface area contributed by atoms with Gasteiger partial charge in [-0.15, -0.1) is 0 Å². The number of para-hydroxylation sites is 1. The second-order valence-corrected chi connectivity index (χ2v) is 12.4. The molecule has 0 N–H and O–H groups in total. The Balaban J connectivity index is 1.33. The number of benzene rings is 8. The molecule has 0 saturated carbocycles. The smallest absolute Gasteiger partial charge is 0.146 e. The second kappa shape index (κ2) is 10.6. The van der Waals surface area contributed by atoms with Gasteiger partial charge in [0, 0.05) is 27.5 Å². The van der Waals surface area contributed by atoms with Crippen molar-refractivity contribution in [2.45, 2.75) is 0 Å².